The Labute approximate surface area is 162 Å². The van der Waals surface area contributed by atoms with E-state index >= 15 is 0 Å². The van der Waals surface area contributed by atoms with Crippen molar-refractivity contribution in [1.82, 2.24) is 0 Å². The van der Waals surface area contributed by atoms with Crippen molar-refractivity contribution in [1.29, 1.82) is 0 Å². The van der Waals surface area contributed by atoms with Gasteiger partial charge in [0.2, 0.25) is 0 Å². The minimum atomic E-state index is -0.754. The molecule has 1 unspecified atom stereocenters. The van der Waals surface area contributed by atoms with E-state index in [-0.39, 0.29) is 11.5 Å². The summed E-state index contributed by atoms with van der Waals surface area (Å²) in [5.74, 6) is -0.615. The second kappa shape index (κ2) is 8.81. The van der Waals surface area contributed by atoms with Crippen LogP contribution in [0.2, 0.25) is 0 Å². The maximum atomic E-state index is 13.0. The minimum absolute atomic E-state index is 0.284. The van der Waals surface area contributed by atoms with Crippen molar-refractivity contribution in [2.24, 2.45) is 0 Å². The Bertz CT molecular complexity index is 959. The lowest BCUT2D eigenvalue weighted by molar-refractivity contribution is -0.122. The molecule has 0 aliphatic heterocycles. The second-order valence-corrected chi connectivity index (χ2v) is 6.07. The Kier molecular flexibility index (Phi) is 6.01. The number of carbonyl (C=O) groups is 2. The fraction of sp³-hybridized carbons (Fsp3) is 0.0909. The Hall–Kier alpha value is -3.67. The molecular formula is C22H19FN2O3. The fourth-order valence-electron chi connectivity index (χ4n) is 2.51. The quantitative estimate of drug-likeness (QED) is 0.664. The molecule has 0 fully saturated rings. The average molecular weight is 378 g/mol. The summed E-state index contributed by atoms with van der Waals surface area (Å²) in [6.45, 7) is 1.63. The van der Waals surface area contributed by atoms with E-state index in [0.29, 0.717) is 17.1 Å². The molecule has 2 amide bonds. The largest absolute Gasteiger partial charge is 0.481 e. The summed E-state index contributed by atoms with van der Waals surface area (Å²) in [5.41, 5.74) is 1.09. The van der Waals surface area contributed by atoms with Crippen LogP contribution in [0.3, 0.4) is 0 Å². The van der Waals surface area contributed by atoms with Crippen molar-refractivity contribution >= 4 is 23.2 Å². The van der Waals surface area contributed by atoms with Crippen molar-refractivity contribution in [3.63, 3.8) is 0 Å². The molecule has 0 bridgehead atoms. The van der Waals surface area contributed by atoms with Crippen molar-refractivity contribution < 1.29 is 18.7 Å². The zero-order chi connectivity index (χ0) is 19.9. The molecule has 0 saturated heterocycles. The zero-order valence-electron chi connectivity index (χ0n) is 15.2. The molecule has 0 spiro atoms. The molecule has 0 aromatic heterocycles. The summed E-state index contributed by atoms with van der Waals surface area (Å²) < 4.78 is 18.6. The van der Waals surface area contributed by atoms with Crippen LogP contribution in [0.25, 0.3) is 0 Å². The van der Waals surface area contributed by atoms with Crippen molar-refractivity contribution in [2.75, 3.05) is 10.6 Å². The van der Waals surface area contributed by atoms with Crippen LogP contribution in [-0.4, -0.2) is 17.9 Å². The summed E-state index contributed by atoms with van der Waals surface area (Å²) in [7, 11) is 0. The van der Waals surface area contributed by atoms with Gasteiger partial charge in [0.1, 0.15) is 11.6 Å². The van der Waals surface area contributed by atoms with Gasteiger partial charge in [-0.2, -0.15) is 0 Å². The lowest BCUT2D eigenvalue weighted by Crippen LogP contribution is -2.31. The molecular weight excluding hydrogens is 359 g/mol. The fourth-order valence-corrected chi connectivity index (χ4v) is 2.51. The van der Waals surface area contributed by atoms with E-state index in [1.807, 2.05) is 18.2 Å². The Morgan fingerprint density at radius 2 is 1.50 bits per heavy atom. The van der Waals surface area contributed by atoms with Gasteiger partial charge in [-0.15, -0.1) is 0 Å². The number of amides is 2. The highest BCUT2D eigenvalue weighted by atomic mass is 19.1. The molecule has 0 heterocycles. The van der Waals surface area contributed by atoms with E-state index in [1.54, 1.807) is 43.3 Å². The molecule has 3 aromatic rings. The molecule has 3 rings (SSSR count). The van der Waals surface area contributed by atoms with E-state index in [0.717, 1.165) is 0 Å². The standard InChI is InChI=1S/C22H19FN2O3/c1-15(28-18-7-3-2-4-8-18)21(26)25-20-10-6-5-9-19(20)22(27)24-17-13-11-16(23)12-14-17/h2-15H,1H3,(H,24,27)(H,25,26). The van der Waals surface area contributed by atoms with Crippen molar-refractivity contribution in [3.05, 3.63) is 90.2 Å². The number of carbonyl (C=O) groups excluding carboxylic acids is 2. The van der Waals surface area contributed by atoms with Crippen LogP contribution in [0.4, 0.5) is 15.8 Å². The molecule has 0 radical (unpaired) electrons. The van der Waals surface area contributed by atoms with E-state index in [1.165, 1.54) is 24.3 Å². The maximum absolute atomic E-state index is 13.0. The third-order valence-corrected chi connectivity index (χ3v) is 3.96. The highest BCUT2D eigenvalue weighted by Crippen LogP contribution is 2.19. The number of rotatable bonds is 6. The highest BCUT2D eigenvalue weighted by Gasteiger charge is 2.18. The van der Waals surface area contributed by atoms with Crippen molar-refractivity contribution in [3.8, 4) is 5.75 Å². The van der Waals surface area contributed by atoms with Gasteiger partial charge in [-0.05, 0) is 55.5 Å². The summed E-state index contributed by atoms with van der Waals surface area (Å²) in [6, 6.07) is 21.1. The summed E-state index contributed by atoms with van der Waals surface area (Å²) in [6.07, 6.45) is -0.754. The Morgan fingerprint density at radius 3 is 2.21 bits per heavy atom. The van der Waals surface area contributed by atoms with E-state index < -0.39 is 17.8 Å². The molecule has 2 N–H and O–H groups in total. The van der Waals surface area contributed by atoms with Crippen LogP contribution in [0.5, 0.6) is 5.75 Å². The van der Waals surface area contributed by atoms with Crippen molar-refractivity contribution in [2.45, 2.75) is 13.0 Å². The van der Waals surface area contributed by atoms with Crippen LogP contribution < -0.4 is 15.4 Å². The van der Waals surface area contributed by atoms with Crippen LogP contribution >= 0.6 is 0 Å². The number of hydrogen-bond donors (Lipinski definition) is 2. The first-order valence-corrected chi connectivity index (χ1v) is 8.71. The van der Waals surface area contributed by atoms with E-state index in [2.05, 4.69) is 10.6 Å². The summed E-state index contributed by atoms with van der Waals surface area (Å²) in [5, 5.41) is 5.40. The number of hydrogen-bond acceptors (Lipinski definition) is 3. The average Bonchev–Trinajstić information content (AvgIpc) is 2.71. The van der Waals surface area contributed by atoms with Gasteiger partial charge in [-0.25, -0.2) is 4.39 Å². The predicted octanol–water partition coefficient (Wildman–Crippen LogP) is 4.48. The normalized spacial score (nSPS) is 11.4. The van der Waals surface area contributed by atoms with Gasteiger partial charge < -0.3 is 15.4 Å². The number of anilines is 2. The molecule has 142 valence electrons. The number of benzene rings is 3. The van der Waals surface area contributed by atoms with Crippen LogP contribution in [-0.2, 0) is 4.79 Å². The number of halogens is 1. The van der Waals surface area contributed by atoms with Gasteiger partial charge in [-0.3, -0.25) is 9.59 Å². The Morgan fingerprint density at radius 1 is 0.857 bits per heavy atom. The van der Waals surface area contributed by atoms with Gasteiger partial charge >= 0.3 is 0 Å². The van der Waals surface area contributed by atoms with E-state index in [9.17, 15) is 14.0 Å². The number of ether oxygens (including phenoxy) is 1. The highest BCUT2D eigenvalue weighted by molar-refractivity contribution is 6.10. The number of para-hydroxylation sites is 2. The molecule has 5 nitrogen and oxygen atoms in total. The van der Waals surface area contributed by atoms with Gasteiger partial charge in [0, 0.05) is 5.69 Å². The minimum Gasteiger partial charge on any atom is -0.481 e. The second-order valence-electron chi connectivity index (χ2n) is 6.07. The molecule has 28 heavy (non-hydrogen) atoms. The monoisotopic (exact) mass is 378 g/mol. The maximum Gasteiger partial charge on any atom is 0.265 e. The first-order valence-electron chi connectivity index (χ1n) is 8.71. The van der Waals surface area contributed by atoms with Crippen LogP contribution in [0.1, 0.15) is 17.3 Å². The van der Waals surface area contributed by atoms with Crippen LogP contribution in [0, 0.1) is 5.82 Å². The molecule has 0 aliphatic carbocycles. The van der Waals surface area contributed by atoms with Gasteiger partial charge in [-0.1, -0.05) is 30.3 Å². The molecule has 6 heteroatoms. The topological polar surface area (TPSA) is 67.4 Å². The first-order chi connectivity index (χ1) is 13.5. The lowest BCUT2D eigenvalue weighted by atomic mass is 10.1. The molecule has 0 aliphatic rings. The van der Waals surface area contributed by atoms with E-state index in [4.69, 9.17) is 4.74 Å². The molecule has 0 saturated carbocycles. The summed E-state index contributed by atoms with van der Waals surface area (Å²) >= 11 is 0. The van der Waals surface area contributed by atoms with Gasteiger partial charge in [0.15, 0.2) is 6.10 Å². The first kappa shape index (κ1) is 19.1. The summed E-state index contributed by atoms with van der Waals surface area (Å²) in [4.78, 5) is 25.1. The molecule has 3 aromatic carbocycles. The number of nitrogens with one attached hydrogen (secondary N) is 2. The third kappa shape index (κ3) is 4.94. The smallest absolute Gasteiger partial charge is 0.265 e. The molecule has 1 atom stereocenters. The van der Waals surface area contributed by atoms with Gasteiger partial charge in [0.05, 0.1) is 11.3 Å². The third-order valence-electron chi connectivity index (χ3n) is 3.96. The Balaban J connectivity index is 1.69. The predicted molar refractivity (Wildman–Crippen MR) is 106 cm³/mol. The van der Waals surface area contributed by atoms with Crippen LogP contribution in [0.15, 0.2) is 78.9 Å². The van der Waals surface area contributed by atoms with Gasteiger partial charge in [0.25, 0.3) is 11.8 Å². The lowest BCUT2D eigenvalue weighted by Gasteiger charge is -2.16. The SMILES string of the molecule is CC(Oc1ccccc1)C(=O)Nc1ccccc1C(=O)Nc1ccc(F)cc1. The zero-order valence-corrected chi connectivity index (χ0v) is 15.2.